The molecule has 30 heavy (non-hydrogen) atoms. The Kier molecular flexibility index (Phi) is 6.82. The van der Waals surface area contributed by atoms with Crippen LogP contribution < -0.4 is 10.2 Å². The summed E-state index contributed by atoms with van der Waals surface area (Å²) in [5, 5.41) is 8.07. The molecule has 2 saturated heterocycles. The maximum absolute atomic E-state index is 12.6. The molecule has 2 aliphatic heterocycles. The van der Waals surface area contributed by atoms with Crippen molar-refractivity contribution in [2.24, 2.45) is 5.92 Å². The van der Waals surface area contributed by atoms with E-state index < -0.39 is 0 Å². The number of hydrogen-bond acceptors (Lipinski definition) is 7. The van der Waals surface area contributed by atoms with E-state index in [1.807, 2.05) is 6.92 Å². The number of carbonyl (C=O) groups excluding carboxylic acids is 1. The van der Waals surface area contributed by atoms with Crippen LogP contribution in [0.3, 0.4) is 0 Å². The molecule has 164 valence electrons. The molecule has 4 rings (SSSR count). The average Bonchev–Trinajstić information content (AvgIpc) is 3.18. The minimum Gasteiger partial charge on any atom is -0.356 e. The van der Waals surface area contributed by atoms with Crippen molar-refractivity contribution in [2.75, 3.05) is 37.6 Å². The van der Waals surface area contributed by atoms with Crippen molar-refractivity contribution in [1.82, 2.24) is 25.3 Å². The summed E-state index contributed by atoms with van der Waals surface area (Å²) in [6.07, 6.45) is 9.47. The Morgan fingerprint density at radius 3 is 2.83 bits per heavy atom. The van der Waals surface area contributed by atoms with Gasteiger partial charge in [-0.25, -0.2) is 4.98 Å². The van der Waals surface area contributed by atoms with E-state index in [0.717, 1.165) is 68.4 Å². The van der Waals surface area contributed by atoms with E-state index >= 15 is 0 Å². The van der Waals surface area contributed by atoms with Crippen molar-refractivity contribution in [3.8, 4) is 0 Å². The summed E-state index contributed by atoms with van der Waals surface area (Å²) in [4.78, 5) is 26.1. The highest BCUT2D eigenvalue weighted by molar-refractivity contribution is 5.88. The van der Waals surface area contributed by atoms with E-state index in [9.17, 15) is 4.79 Å². The highest BCUT2D eigenvalue weighted by Gasteiger charge is 2.27. The number of carbonyl (C=O) groups is 1. The number of rotatable bonds is 7. The normalized spacial score (nSPS) is 21.3. The molecule has 2 fully saturated rings. The summed E-state index contributed by atoms with van der Waals surface area (Å²) < 4.78 is 5.26. The van der Waals surface area contributed by atoms with Crippen molar-refractivity contribution in [2.45, 2.75) is 64.8 Å². The largest absolute Gasteiger partial charge is 0.356 e. The molecule has 0 saturated carbocycles. The van der Waals surface area contributed by atoms with Gasteiger partial charge < -0.3 is 19.6 Å². The third-order valence-electron chi connectivity index (χ3n) is 6.73. The summed E-state index contributed by atoms with van der Waals surface area (Å²) in [5.74, 6) is 1.15. The first-order chi connectivity index (χ1) is 14.7. The van der Waals surface area contributed by atoms with Gasteiger partial charge in [0.25, 0.3) is 5.71 Å². The molecule has 0 aliphatic carbocycles. The van der Waals surface area contributed by atoms with Crippen LogP contribution in [-0.4, -0.2) is 64.7 Å². The summed E-state index contributed by atoms with van der Waals surface area (Å²) >= 11 is 0. The van der Waals surface area contributed by atoms with E-state index in [2.05, 4.69) is 37.2 Å². The first-order valence-electron chi connectivity index (χ1n) is 11.5. The molecule has 2 aromatic rings. The quantitative estimate of drug-likeness (QED) is 0.697. The van der Waals surface area contributed by atoms with Gasteiger partial charge in [-0.3, -0.25) is 4.79 Å². The van der Waals surface area contributed by atoms with E-state index in [0.29, 0.717) is 5.71 Å². The van der Waals surface area contributed by atoms with Crippen LogP contribution in [0, 0.1) is 12.8 Å². The standard InChI is InChI=1S/C22H34N6O2/c1-3-18-7-4-5-11-27(18)12-6-10-23-21(29)17-8-13-28(14-9-17)20-19-16(2)26-30-22(19)25-15-24-20/h15,17-18H,3-14H2,1-2H3,(H,23,29)/t18-/m0/s1. The van der Waals surface area contributed by atoms with E-state index in [4.69, 9.17) is 4.52 Å². The van der Waals surface area contributed by atoms with Gasteiger partial charge in [0.1, 0.15) is 17.5 Å². The van der Waals surface area contributed by atoms with Gasteiger partial charge in [-0.1, -0.05) is 18.5 Å². The van der Waals surface area contributed by atoms with Crippen LogP contribution in [0.5, 0.6) is 0 Å². The number of aryl methyl sites for hydroxylation is 1. The highest BCUT2D eigenvalue weighted by Crippen LogP contribution is 2.29. The van der Waals surface area contributed by atoms with E-state index in [1.54, 1.807) is 0 Å². The minimum atomic E-state index is 0.0838. The molecule has 8 nitrogen and oxygen atoms in total. The maximum atomic E-state index is 12.6. The Balaban J connectivity index is 1.22. The van der Waals surface area contributed by atoms with Gasteiger partial charge in [0.2, 0.25) is 5.91 Å². The molecule has 8 heteroatoms. The topological polar surface area (TPSA) is 87.4 Å². The molecule has 2 aliphatic rings. The molecule has 0 spiro atoms. The van der Waals surface area contributed by atoms with Crippen molar-refractivity contribution >= 4 is 22.8 Å². The van der Waals surface area contributed by atoms with Gasteiger partial charge in [-0.2, -0.15) is 4.98 Å². The third-order valence-corrected chi connectivity index (χ3v) is 6.73. The Labute approximate surface area is 178 Å². The first kappa shape index (κ1) is 21.0. The molecule has 1 N–H and O–H groups in total. The smallest absolute Gasteiger partial charge is 0.263 e. The molecule has 0 bridgehead atoms. The van der Waals surface area contributed by atoms with Crippen molar-refractivity contribution in [3.05, 3.63) is 12.0 Å². The van der Waals surface area contributed by atoms with Crippen LogP contribution in [0.25, 0.3) is 11.1 Å². The van der Waals surface area contributed by atoms with Crippen molar-refractivity contribution < 1.29 is 9.32 Å². The SMILES string of the molecule is CC[C@H]1CCCCN1CCCNC(=O)C1CCN(c2ncnc3onc(C)c23)CC1. The van der Waals surface area contributed by atoms with Crippen LogP contribution >= 0.6 is 0 Å². The lowest BCUT2D eigenvalue weighted by Gasteiger charge is -2.35. The van der Waals surface area contributed by atoms with Crippen molar-refractivity contribution in [1.29, 1.82) is 0 Å². The van der Waals surface area contributed by atoms with Crippen LogP contribution in [0.1, 0.15) is 57.6 Å². The molecule has 0 aromatic carbocycles. The highest BCUT2D eigenvalue weighted by atomic mass is 16.5. The number of aromatic nitrogens is 3. The molecule has 1 atom stereocenters. The molecular formula is C22H34N6O2. The fourth-order valence-electron chi connectivity index (χ4n) is 4.95. The number of piperidine rings is 2. The first-order valence-corrected chi connectivity index (χ1v) is 11.5. The minimum absolute atomic E-state index is 0.0838. The molecular weight excluding hydrogens is 380 g/mol. The number of fused-ring (bicyclic) bond motifs is 1. The fourth-order valence-corrected chi connectivity index (χ4v) is 4.95. The predicted molar refractivity (Wildman–Crippen MR) is 116 cm³/mol. The summed E-state index contributed by atoms with van der Waals surface area (Å²) in [5.41, 5.74) is 1.33. The lowest BCUT2D eigenvalue weighted by atomic mass is 9.95. The van der Waals surface area contributed by atoms with Gasteiger partial charge in [0, 0.05) is 38.1 Å². The third kappa shape index (κ3) is 4.58. The lowest BCUT2D eigenvalue weighted by Crippen LogP contribution is -2.42. The van der Waals surface area contributed by atoms with E-state index in [1.165, 1.54) is 38.6 Å². The van der Waals surface area contributed by atoms with Gasteiger partial charge in [-0.15, -0.1) is 0 Å². The Bertz CT molecular complexity index is 845. The van der Waals surface area contributed by atoms with Crippen LogP contribution in [0.2, 0.25) is 0 Å². The Morgan fingerprint density at radius 1 is 1.20 bits per heavy atom. The predicted octanol–water partition coefficient (Wildman–Crippen LogP) is 2.91. The molecule has 0 unspecified atom stereocenters. The second-order valence-electron chi connectivity index (χ2n) is 8.65. The number of anilines is 1. The van der Waals surface area contributed by atoms with Crippen LogP contribution in [-0.2, 0) is 4.79 Å². The van der Waals surface area contributed by atoms with Crippen molar-refractivity contribution in [3.63, 3.8) is 0 Å². The number of nitrogens with one attached hydrogen (secondary N) is 1. The van der Waals surface area contributed by atoms with E-state index in [-0.39, 0.29) is 11.8 Å². The molecule has 4 heterocycles. The molecule has 0 radical (unpaired) electrons. The summed E-state index contributed by atoms with van der Waals surface area (Å²) in [6, 6.07) is 0.737. The molecule has 2 aromatic heterocycles. The lowest BCUT2D eigenvalue weighted by molar-refractivity contribution is -0.125. The number of nitrogens with zero attached hydrogens (tertiary/aromatic N) is 5. The second kappa shape index (κ2) is 9.73. The van der Waals surface area contributed by atoms with Gasteiger partial charge in [0.05, 0.1) is 5.69 Å². The second-order valence-corrected chi connectivity index (χ2v) is 8.65. The average molecular weight is 415 g/mol. The zero-order valence-corrected chi connectivity index (χ0v) is 18.3. The van der Waals surface area contributed by atoms with Gasteiger partial charge in [-0.05, 0) is 52.0 Å². The number of amides is 1. The summed E-state index contributed by atoms with van der Waals surface area (Å²) in [6.45, 7) is 8.89. The van der Waals surface area contributed by atoms with Gasteiger partial charge >= 0.3 is 0 Å². The Morgan fingerprint density at radius 2 is 2.03 bits per heavy atom. The number of likely N-dealkylation sites (tertiary alicyclic amines) is 1. The molecule has 1 amide bonds. The zero-order valence-electron chi connectivity index (χ0n) is 18.3. The number of hydrogen-bond donors (Lipinski definition) is 1. The zero-order chi connectivity index (χ0) is 20.9. The summed E-state index contributed by atoms with van der Waals surface area (Å²) in [7, 11) is 0. The monoisotopic (exact) mass is 414 g/mol. The van der Waals surface area contributed by atoms with Crippen LogP contribution in [0.15, 0.2) is 10.9 Å². The van der Waals surface area contributed by atoms with Gasteiger partial charge in [0.15, 0.2) is 0 Å². The fraction of sp³-hybridized carbons (Fsp3) is 0.727. The Hall–Kier alpha value is -2.22. The maximum Gasteiger partial charge on any atom is 0.263 e. The van der Waals surface area contributed by atoms with Crippen LogP contribution in [0.4, 0.5) is 5.82 Å².